The van der Waals surface area contributed by atoms with Crippen molar-refractivity contribution in [3.8, 4) is 17.2 Å². The number of methoxy groups -OCH3 is 2. The lowest BCUT2D eigenvalue weighted by Gasteiger charge is -2.16. The van der Waals surface area contributed by atoms with Gasteiger partial charge in [-0.15, -0.1) is 0 Å². The zero-order valence-corrected chi connectivity index (χ0v) is 19.0. The van der Waals surface area contributed by atoms with Crippen LogP contribution in [0.3, 0.4) is 0 Å². The molecule has 0 fully saturated rings. The summed E-state index contributed by atoms with van der Waals surface area (Å²) in [6.45, 7) is 7.60. The fourth-order valence-corrected chi connectivity index (χ4v) is 2.88. The minimum atomic E-state index is -0.945. The van der Waals surface area contributed by atoms with E-state index in [0.717, 1.165) is 16.7 Å². The minimum Gasteiger partial charge on any atom is -0.493 e. The molecule has 2 aromatic rings. The normalized spacial score (nSPS) is 11.6. The Kier molecular flexibility index (Phi) is 8.73. The Balaban J connectivity index is 1.84. The zero-order chi connectivity index (χ0) is 23.0. The SMILES string of the molecule is COc1ccc(CNC(=O)[C@@H](C)OC(=O)COc2cc(C(C)C)ccc2C)cc1OC. The van der Waals surface area contributed by atoms with Crippen molar-refractivity contribution in [1.82, 2.24) is 5.32 Å². The monoisotopic (exact) mass is 429 g/mol. The van der Waals surface area contributed by atoms with Gasteiger partial charge in [-0.3, -0.25) is 4.79 Å². The lowest BCUT2D eigenvalue weighted by Crippen LogP contribution is -2.36. The van der Waals surface area contributed by atoms with Gasteiger partial charge < -0.3 is 24.3 Å². The van der Waals surface area contributed by atoms with Gasteiger partial charge in [-0.25, -0.2) is 4.79 Å². The molecule has 0 saturated carbocycles. The predicted octanol–water partition coefficient (Wildman–Crippen LogP) is 3.76. The van der Waals surface area contributed by atoms with Crippen molar-refractivity contribution in [2.45, 2.75) is 46.3 Å². The molecule has 1 atom stereocenters. The zero-order valence-electron chi connectivity index (χ0n) is 19.0. The number of amides is 1. The largest absolute Gasteiger partial charge is 0.493 e. The van der Waals surface area contributed by atoms with E-state index in [2.05, 4.69) is 19.2 Å². The van der Waals surface area contributed by atoms with Crippen LogP contribution >= 0.6 is 0 Å². The lowest BCUT2D eigenvalue weighted by atomic mass is 10.0. The van der Waals surface area contributed by atoms with Crippen molar-refractivity contribution in [2.24, 2.45) is 0 Å². The average Bonchev–Trinajstić information content (AvgIpc) is 2.76. The molecule has 2 aromatic carbocycles. The number of esters is 1. The highest BCUT2D eigenvalue weighted by Crippen LogP contribution is 2.27. The van der Waals surface area contributed by atoms with Gasteiger partial charge in [-0.05, 0) is 54.7 Å². The van der Waals surface area contributed by atoms with Crippen LogP contribution < -0.4 is 19.5 Å². The maximum absolute atomic E-state index is 12.3. The number of hydrogen-bond acceptors (Lipinski definition) is 6. The third kappa shape index (κ3) is 6.91. The second kappa shape index (κ2) is 11.2. The number of carbonyl (C=O) groups is 2. The van der Waals surface area contributed by atoms with Gasteiger partial charge in [0.15, 0.2) is 24.2 Å². The summed E-state index contributed by atoms with van der Waals surface area (Å²) in [4.78, 5) is 24.4. The third-order valence-electron chi connectivity index (χ3n) is 4.82. The van der Waals surface area contributed by atoms with E-state index in [-0.39, 0.29) is 13.2 Å². The van der Waals surface area contributed by atoms with Gasteiger partial charge in [0.1, 0.15) is 5.75 Å². The predicted molar refractivity (Wildman–Crippen MR) is 118 cm³/mol. The van der Waals surface area contributed by atoms with Gasteiger partial charge in [0, 0.05) is 6.54 Å². The summed E-state index contributed by atoms with van der Waals surface area (Å²) in [6, 6.07) is 11.3. The number of ether oxygens (including phenoxy) is 4. The van der Waals surface area contributed by atoms with Gasteiger partial charge in [0.05, 0.1) is 14.2 Å². The van der Waals surface area contributed by atoms with E-state index >= 15 is 0 Å². The maximum Gasteiger partial charge on any atom is 0.344 e. The van der Waals surface area contributed by atoms with Gasteiger partial charge in [0.2, 0.25) is 0 Å². The van der Waals surface area contributed by atoms with Gasteiger partial charge in [-0.2, -0.15) is 0 Å². The Hall–Kier alpha value is -3.22. The first-order valence-corrected chi connectivity index (χ1v) is 10.2. The first-order chi connectivity index (χ1) is 14.7. The number of nitrogens with one attached hydrogen (secondary N) is 1. The molecule has 31 heavy (non-hydrogen) atoms. The van der Waals surface area contributed by atoms with E-state index in [1.54, 1.807) is 26.4 Å². The molecule has 0 aliphatic carbocycles. The summed E-state index contributed by atoms with van der Waals surface area (Å²) in [5.74, 6) is 1.15. The van der Waals surface area contributed by atoms with Crippen LogP contribution in [0.15, 0.2) is 36.4 Å². The van der Waals surface area contributed by atoms with E-state index in [1.165, 1.54) is 6.92 Å². The molecule has 0 unspecified atom stereocenters. The van der Waals surface area contributed by atoms with Gasteiger partial charge in [0.25, 0.3) is 5.91 Å². The van der Waals surface area contributed by atoms with Gasteiger partial charge in [-0.1, -0.05) is 32.0 Å². The summed E-state index contributed by atoms with van der Waals surface area (Å²) >= 11 is 0. The molecule has 1 N–H and O–H groups in total. The highest BCUT2D eigenvalue weighted by molar-refractivity contribution is 5.83. The first-order valence-electron chi connectivity index (χ1n) is 10.2. The van der Waals surface area contributed by atoms with Crippen LogP contribution in [0.2, 0.25) is 0 Å². The van der Waals surface area contributed by atoms with Gasteiger partial charge >= 0.3 is 5.97 Å². The van der Waals surface area contributed by atoms with Crippen LogP contribution in [0.4, 0.5) is 0 Å². The number of benzene rings is 2. The van der Waals surface area contributed by atoms with Crippen LogP contribution in [-0.4, -0.2) is 38.8 Å². The molecule has 0 spiro atoms. The molecule has 0 aliphatic rings. The summed E-state index contributed by atoms with van der Waals surface area (Å²) in [5.41, 5.74) is 2.88. The molecule has 0 aromatic heterocycles. The summed E-state index contributed by atoms with van der Waals surface area (Å²) < 4.78 is 21.3. The van der Waals surface area contributed by atoms with E-state index in [9.17, 15) is 9.59 Å². The summed E-state index contributed by atoms with van der Waals surface area (Å²) in [5, 5.41) is 2.74. The quantitative estimate of drug-likeness (QED) is 0.579. The fourth-order valence-electron chi connectivity index (χ4n) is 2.88. The Morgan fingerprint density at radius 3 is 2.29 bits per heavy atom. The molecule has 7 nitrogen and oxygen atoms in total. The van der Waals surface area contributed by atoms with Crippen LogP contribution in [0.25, 0.3) is 0 Å². The molecule has 7 heteroatoms. The Bertz CT molecular complexity index is 909. The maximum atomic E-state index is 12.3. The van der Waals surface area contributed by atoms with E-state index in [0.29, 0.717) is 23.2 Å². The van der Waals surface area contributed by atoms with Crippen LogP contribution in [0.1, 0.15) is 43.4 Å². The van der Waals surface area contributed by atoms with Crippen LogP contribution in [0.5, 0.6) is 17.2 Å². The number of hydrogen-bond donors (Lipinski definition) is 1. The van der Waals surface area contributed by atoms with Crippen molar-refractivity contribution in [3.05, 3.63) is 53.1 Å². The highest BCUT2D eigenvalue weighted by atomic mass is 16.6. The molecular formula is C24H31NO6. The van der Waals surface area contributed by atoms with Crippen LogP contribution in [0, 0.1) is 6.92 Å². The molecule has 0 saturated heterocycles. The molecule has 168 valence electrons. The topological polar surface area (TPSA) is 83.1 Å². The molecular weight excluding hydrogens is 398 g/mol. The second-order valence-corrected chi connectivity index (χ2v) is 7.51. The highest BCUT2D eigenvalue weighted by Gasteiger charge is 2.18. The van der Waals surface area contributed by atoms with Crippen molar-refractivity contribution in [3.63, 3.8) is 0 Å². The van der Waals surface area contributed by atoms with E-state index in [4.69, 9.17) is 18.9 Å². The minimum absolute atomic E-state index is 0.263. The number of carbonyl (C=O) groups excluding carboxylic acids is 2. The number of aryl methyl sites for hydroxylation is 1. The molecule has 0 radical (unpaired) electrons. The standard InChI is InChI=1S/C24H31NO6/c1-15(2)19-9-7-16(3)21(12-19)30-14-23(26)31-17(4)24(27)25-13-18-8-10-20(28-5)22(11-18)29-6/h7-12,15,17H,13-14H2,1-6H3,(H,25,27)/t17-/m1/s1. The van der Waals surface area contributed by atoms with Crippen molar-refractivity contribution >= 4 is 11.9 Å². The molecule has 0 heterocycles. The Labute approximate surface area is 183 Å². The smallest absolute Gasteiger partial charge is 0.344 e. The Morgan fingerprint density at radius 1 is 0.935 bits per heavy atom. The van der Waals surface area contributed by atoms with Crippen molar-refractivity contribution < 1.29 is 28.5 Å². The fraction of sp³-hybridized carbons (Fsp3) is 0.417. The molecule has 0 bridgehead atoms. The van der Waals surface area contributed by atoms with E-state index < -0.39 is 18.0 Å². The molecule has 2 rings (SSSR count). The van der Waals surface area contributed by atoms with E-state index in [1.807, 2.05) is 31.2 Å². The lowest BCUT2D eigenvalue weighted by molar-refractivity contribution is -0.156. The first kappa shape index (κ1) is 24.1. The number of rotatable bonds is 10. The van der Waals surface area contributed by atoms with Crippen LogP contribution in [-0.2, 0) is 20.9 Å². The third-order valence-corrected chi connectivity index (χ3v) is 4.82. The second-order valence-electron chi connectivity index (χ2n) is 7.51. The average molecular weight is 430 g/mol. The molecule has 1 amide bonds. The summed E-state index contributed by atoms with van der Waals surface area (Å²) in [7, 11) is 3.10. The van der Waals surface area contributed by atoms with Crippen molar-refractivity contribution in [2.75, 3.05) is 20.8 Å². The summed E-state index contributed by atoms with van der Waals surface area (Å²) in [6.07, 6.45) is -0.945. The van der Waals surface area contributed by atoms with Crippen molar-refractivity contribution in [1.29, 1.82) is 0 Å². The molecule has 0 aliphatic heterocycles. The Morgan fingerprint density at radius 2 is 1.65 bits per heavy atom.